The van der Waals surface area contributed by atoms with E-state index in [-0.39, 0.29) is 35.7 Å². The van der Waals surface area contributed by atoms with Gasteiger partial charge >= 0.3 is 0 Å². The summed E-state index contributed by atoms with van der Waals surface area (Å²) in [5, 5.41) is 10.1. The molecule has 1 aliphatic heterocycles. The van der Waals surface area contributed by atoms with Crippen molar-refractivity contribution in [1.29, 1.82) is 5.26 Å². The molecule has 0 spiro atoms. The molecular formula is C28H26FN5O3. The number of hydrogen-bond donors (Lipinski definition) is 0. The van der Waals surface area contributed by atoms with E-state index in [2.05, 4.69) is 16.0 Å². The van der Waals surface area contributed by atoms with E-state index in [1.54, 1.807) is 41.0 Å². The zero-order chi connectivity index (χ0) is 25.9. The van der Waals surface area contributed by atoms with Crippen LogP contribution in [0.5, 0.6) is 5.75 Å². The molecule has 0 amide bonds. The number of ketones is 1. The number of rotatable bonds is 7. The quantitative estimate of drug-likeness (QED) is 0.355. The molecule has 1 aliphatic rings. The maximum absolute atomic E-state index is 14.0. The number of halogens is 1. The van der Waals surface area contributed by atoms with Crippen molar-refractivity contribution < 1.29 is 13.9 Å². The lowest BCUT2D eigenvalue weighted by Crippen LogP contribution is -2.32. The molecule has 1 fully saturated rings. The molecule has 0 atom stereocenters. The van der Waals surface area contributed by atoms with Gasteiger partial charge in [-0.25, -0.2) is 9.37 Å². The molecule has 0 saturated carbocycles. The fourth-order valence-corrected chi connectivity index (χ4v) is 4.92. The fraction of sp³-hybridized carbons (Fsp3) is 0.286. The summed E-state index contributed by atoms with van der Waals surface area (Å²) in [5.74, 6) is 0.499. The van der Waals surface area contributed by atoms with Gasteiger partial charge in [0.15, 0.2) is 5.78 Å². The van der Waals surface area contributed by atoms with Crippen LogP contribution >= 0.6 is 0 Å². The number of nitrogens with zero attached hydrogens (tertiary/aromatic N) is 5. The zero-order valence-electron chi connectivity index (χ0n) is 20.5. The number of Topliss-reactive ketones (excluding diaryl/α,β-unsaturated/α-hetero) is 1. The standard InChI is InChI=1S/C28H26FN5O3/c1-37-22-10-6-8-20(14-22)24(35)17-33-18-31-25-23(15-30)27(32-11-3-2-4-12-32)34(26(25)28(33)36)16-19-7-5-9-21(29)13-19/h5-10,13-14,18H,2-4,11-12,16-17H2,1H3. The van der Waals surface area contributed by atoms with Crippen LogP contribution in [0, 0.1) is 17.1 Å². The summed E-state index contributed by atoms with van der Waals surface area (Å²) >= 11 is 0. The van der Waals surface area contributed by atoms with Gasteiger partial charge in [-0.3, -0.25) is 14.2 Å². The Morgan fingerprint density at radius 1 is 1.14 bits per heavy atom. The summed E-state index contributed by atoms with van der Waals surface area (Å²) in [7, 11) is 1.52. The Balaban J connectivity index is 1.65. The van der Waals surface area contributed by atoms with Gasteiger partial charge in [0, 0.05) is 25.2 Å². The largest absolute Gasteiger partial charge is 0.497 e. The molecule has 0 bridgehead atoms. The van der Waals surface area contributed by atoms with E-state index in [4.69, 9.17) is 4.74 Å². The van der Waals surface area contributed by atoms with Crippen LogP contribution in [0.2, 0.25) is 0 Å². The SMILES string of the molecule is COc1cccc(C(=O)Cn2cnc3c(C#N)c(N4CCCCC4)n(Cc4cccc(F)c4)c3c2=O)c1. The van der Waals surface area contributed by atoms with Gasteiger partial charge in [0.2, 0.25) is 0 Å². The Bertz CT molecular complexity index is 1580. The van der Waals surface area contributed by atoms with Crippen LogP contribution in [0.25, 0.3) is 11.0 Å². The van der Waals surface area contributed by atoms with Crippen LogP contribution in [-0.4, -0.2) is 40.1 Å². The fourth-order valence-electron chi connectivity index (χ4n) is 4.92. The number of aromatic nitrogens is 3. The van der Waals surface area contributed by atoms with Crippen LogP contribution in [0.4, 0.5) is 10.2 Å². The average molecular weight is 500 g/mol. The maximum atomic E-state index is 14.0. The highest BCUT2D eigenvalue weighted by Crippen LogP contribution is 2.32. The molecule has 0 unspecified atom stereocenters. The predicted molar refractivity (Wildman–Crippen MR) is 138 cm³/mol. The van der Waals surface area contributed by atoms with Crippen molar-refractivity contribution in [3.8, 4) is 11.8 Å². The first kappa shape index (κ1) is 24.3. The van der Waals surface area contributed by atoms with E-state index in [9.17, 15) is 19.2 Å². The third-order valence-electron chi connectivity index (χ3n) is 6.70. The maximum Gasteiger partial charge on any atom is 0.278 e. The van der Waals surface area contributed by atoms with E-state index >= 15 is 0 Å². The molecule has 4 aromatic rings. The lowest BCUT2D eigenvalue weighted by molar-refractivity contribution is 0.0970. The lowest BCUT2D eigenvalue weighted by atomic mass is 10.1. The van der Waals surface area contributed by atoms with Gasteiger partial charge in [-0.05, 0) is 49.1 Å². The number of piperidine rings is 1. The molecule has 9 heteroatoms. The Labute approximate surface area is 213 Å². The first-order valence-corrected chi connectivity index (χ1v) is 12.2. The number of benzene rings is 2. The zero-order valence-corrected chi connectivity index (χ0v) is 20.5. The highest BCUT2D eigenvalue weighted by Gasteiger charge is 2.27. The number of methoxy groups -OCH3 is 1. The highest BCUT2D eigenvalue weighted by molar-refractivity contribution is 5.96. The number of fused-ring (bicyclic) bond motifs is 1. The van der Waals surface area contributed by atoms with Crippen molar-refractivity contribution in [2.75, 3.05) is 25.1 Å². The van der Waals surface area contributed by atoms with Crippen LogP contribution in [0.1, 0.15) is 40.7 Å². The van der Waals surface area contributed by atoms with Crippen molar-refractivity contribution in [3.05, 3.63) is 87.7 Å². The molecule has 37 heavy (non-hydrogen) atoms. The van der Waals surface area contributed by atoms with Gasteiger partial charge < -0.3 is 14.2 Å². The summed E-state index contributed by atoms with van der Waals surface area (Å²) in [6.07, 6.45) is 4.36. The number of carbonyl (C=O) groups is 1. The smallest absolute Gasteiger partial charge is 0.278 e. The summed E-state index contributed by atoms with van der Waals surface area (Å²) < 4.78 is 22.2. The third kappa shape index (κ3) is 4.70. The van der Waals surface area contributed by atoms with E-state index in [0.717, 1.165) is 32.4 Å². The number of carbonyl (C=O) groups excluding carboxylic acids is 1. The topological polar surface area (TPSA) is 93.1 Å². The molecular weight excluding hydrogens is 473 g/mol. The van der Waals surface area contributed by atoms with Gasteiger partial charge in [-0.15, -0.1) is 0 Å². The Hall–Kier alpha value is -4.45. The molecule has 0 N–H and O–H groups in total. The monoisotopic (exact) mass is 499 g/mol. The van der Waals surface area contributed by atoms with E-state index in [1.807, 2.05) is 0 Å². The van der Waals surface area contributed by atoms with E-state index in [1.165, 1.54) is 30.1 Å². The molecule has 8 nitrogen and oxygen atoms in total. The van der Waals surface area contributed by atoms with Crippen molar-refractivity contribution in [3.63, 3.8) is 0 Å². The van der Waals surface area contributed by atoms with Crippen LogP contribution in [-0.2, 0) is 13.1 Å². The number of ether oxygens (including phenoxy) is 1. The van der Waals surface area contributed by atoms with Crippen molar-refractivity contribution >= 4 is 22.6 Å². The normalized spacial score (nSPS) is 13.5. The predicted octanol–water partition coefficient (Wildman–Crippen LogP) is 4.14. The van der Waals surface area contributed by atoms with Crippen LogP contribution in [0.15, 0.2) is 59.7 Å². The van der Waals surface area contributed by atoms with Gasteiger partial charge in [0.1, 0.15) is 40.1 Å². The minimum atomic E-state index is -0.433. The first-order valence-electron chi connectivity index (χ1n) is 12.2. The third-order valence-corrected chi connectivity index (χ3v) is 6.70. The van der Waals surface area contributed by atoms with Gasteiger partial charge in [0.05, 0.1) is 20.0 Å². The Morgan fingerprint density at radius 3 is 2.65 bits per heavy atom. The van der Waals surface area contributed by atoms with E-state index in [0.29, 0.717) is 28.3 Å². The second-order valence-corrected chi connectivity index (χ2v) is 9.10. The van der Waals surface area contributed by atoms with E-state index < -0.39 is 5.56 Å². The number of nitriles is 1. The average Bonchev–Trinajstić information content (AvgIpc) is 3.24. The molecule has 5 rings (SSSR count). The molecule has 0 aliphatic carbocycles. The Morgan fingerprint density at radius 2 is 1.92 bits per heavy atom. The number of hydrogen-bond acceptors (Lipinski definition) is 6. The summed E-state index contributed by atoms with van der Waals surface area (Å²) in [6.45, 7) is 1.46. The van der Waals surface area contributed by atoms with Gasteiger partial charge in [0.25, 0.3) is 5.56 Å². The van der Waals surface area contributed by atoms with Gasteiger partial charge in [-0.2, -0.15) is 5.26 Å². The van der Waals surface area contributed by atoms with Crippen molar-refractivity contribution in [1.82, 2.24) is 14.1 Å². The molecule has 188 valence electrons. The molecule has 0 radical (unpaired) electrons. The lowest BCUT2D eigenvalue weighted by Gasteiger charge is -2.30. The summed E-state index contributed by atoms with van der Waals surface area (Å²) in [4.78, 5) is 33.4. The van der Waals surface area contributed by atoms with Crippen molar-refractivity contribution in [2.45, 2.75) is 32.4 Å². The van der Waals surface area contributed by atoms with Crippen LogP contribution in [0.3, 0.4) is 0 Å². The second-order valence-electron chi connectivity index (χ2n) is 9.10. The molecule has 2 aromatic carbocycles. The summed E-state index contributed by atoms with van der Waals surface area (Å²) in [5.41, 5.74) is 1.46. The number of anilines is 1. The molecule has 2 aromatic heterocycles. The van der Waals surface area contributed by atoms with Crippen LogP contribution < -0.4 is 15.2 Å². The minimum absolute atomic E-state index is 0.187. The second kappa shape index (κ2) is 10.3. The summed E-state index contributed by atoms with van der Waals surface area (Å²) in [6, 6.07) is 15.2. The minimum Gasteiger partial charge on any atom is -0.497 e. The van der Waals surface area contributed by atoms with Crippen molar-refractivity contribution in [2.24, 2.45) is 0 Å². The van der Waals surface area contributed by atoms with Gasteiger partial charge in [-0.1, -0.05) is 24.3 Å². The first-order chi connectivity index (χ1) is 18.0. The highest BCUT2D eigenvalue weighted by atomic mass is 19.1. The molecule has 1 saturated heterocycles. The Kier molecular flexibility index (Phi) is 6.73. The molecule has 3 heterocycles.